The Hall–Kier alpha value is -2.18. The molecule has 0 N–H and O–H groups in total. The van der Waals surface area contributed by atoms with E-state index < -0.39 is 5.82 Å². The molecule has 1 heterocycles. The molecule has 0 saturated heterocycles. The largest absolute Gasteiger partial charge is 0.411 e. The van der Waals surface area contributed by atoms with Crippen LogP contribution in [0.25, 0.3) is 11.5 Å². The molecule has 0 saturated carbocycles. The Morgan fingerprint density at radius 2 is 1.96 bits per heavy atom. The van der Waals surface area contributed by atoms with E-state index in [1.165, 1.54) is 18.2 Å². The second-order valence-electron chi connectivity index (χ2n) is 4.60. The number of benzene rings is 2. The van der Waals surface area contributed by atoms with Crippen LogP contribution in [0, 0.1) is 5.82 Å². The Labute approximate surface area is 140 Å². The molecule has 0 spiro atoms. The number of Topliss-reactive ketones (excluding diaryl/α,β-unsaturated/α-hetero) is 1. The molecule has 3 rings (SSSR count). The van der Waals surface area contributed by atoms with Gasteiger partial charge < -0.3 is 4.42 Å². The standard InChI is InChI=1S/C16H10ClFN2O2S/c17-12-6-4-10(5-7-12)15-19-20-16(22-15)23-9-14(21)11-2-1-3-13(18)8-11/h1-8H,9H2. The number of carbonyl (C=O) groups is 1. The van der Waals surface area contributed by atoms with Crippen LogP contribution in [-0.2, 0) is 0 Å². The summed E-state index contributed by atoms with van der Waals surface area (Å²) in [5, 5.41) is 8.71. The lowest BCUT2D eigenvalue weighted by Crippen LogP contribution is -2.02. The van der Waals surface area contributed by atoms with Gasteiger partial charge in [0.15, 0.2) is 5.78 Å². The fourth-order valence-corrected chi connectivity index (χ4v) is 2.63. The second kappa shape index (κ2) is 6.93. The van der Waals surface area contributed by atoms with Crippen LogP contribution in [0.1, 0.15) is 10.4 Å². The Morgan fingerprint density at radius 1 is 1.17 bits per heavy atom. The fourth-order valence-electron chi connectivity index (χ4n) is 1.85. The number of aromatic nitrogens is 2. The van der Waals surface area contributed by atoms with Gasteiger partial charge in [-0.2, -0.15) is 0 Å². The molecule has 2 aromatic carbocycles. The summed E-state index contributed by atoms with van der Waals surface area (Å²) in [7, 11) is 0. The minimum atomic E-state index is -0.441. The molecule has 3 aromatic rings. The first-order valence-electron chi connectivity index (χ1n) is 6.63. The third kappa shape index (κ3) is 3.97. The van der Waals surface area contributed by atoms with Gasteiger partial charge in [0.25, 0.3) is 5.22 Å². The molecule has 116 valence electrons. The number of hydrogen-bond acceptors (Lipinski definition) is 5. The minimum absolute atomic E-state index is 0.0890. The second-order valence-corrected chi connectivity index (χ2v) is 5.97. The van der Waals surface area contributed by atoms with Crippen molar-refractivity contribution in [3.05, 3.63) is 64.9 Å². The predicted molar refractivity (Wildman–Crippen MR) is 86.2 cm³/mol. The van der Waals surface area contributed by atoms with Crippen molar-refractivity contribution in [2.75, 3.05) is 5.75 Å². The molecule has 0 aliphatic carbocycles. The Morgan fingerprint density at radius 3 is 2.70 bits per heavy atom. The van der Waals surface area contributed by atoms with Crippen LogP contribution >= 0.6 is 23.4 Å². The molecule has 1 aromatic heterocycles. The molecule has 7 heteroatoms. The number of rotatable bonds is 5. The highest BCUT2D eigenvalue weighted by atomic mass is 35.5. The van der Waals surface area contributed by atoms with Crippen molar-refractivity contribution in [1.29, 1.82) is 0 Å². The number of nitrogens with zero attached hydrogens (tertiary/aromatic N) is 2. The highest BCUT2D eigenvalue weighted by molar-refractivity contribution is 7.99. The van der Waals surface area contributed by atoms with Crippen molar-refractivity contribution < 1.29 is 13.6 Å². The average Bonchev–Trinajstić information content (AvgIpc) is 3.02. The van der Waals surface area contributed by atoms with Crippen LogP contribution in [0.3, 0.4) is 0 Å². The number of hydrogen-bond donors (Lipinski definition) is 0. The van der Waals surface area contributed by atoms with Crippen LogP contribution in [0.5, 0.6) is 0 Å². The van der Waals surface area contributed by atoms with Crippen LogP contribution < -0.4 is 0 Å². The lowest BCUT2D eigenvalue weighted by Gasteiger charge is -1.99. The molecule has 0 radical (unpaired) electrons. The predicted octanol–water partition coefficient (Wildman–Crippen LogP) is 4.50. The van der Waals surface area contributed by atoms with Gasteiger partial charge in [-0.1, -0.05) is 35.5 Å². The number of halogens is 2. The van der Waals surface area contributed by atoms with Gasteiger partial charge in [0, 0.05) is 16.1 Å². The molecule has 23 heavy (non-hydrogen) atoms. The van der Waals surface area contributed by atoms with Gasteiger partial charge in [0.05, 0.1) is 5.75 Å². The lowest BCUT2D eigenvalue weighted by atomic mass is 10.1. The van der Waals surface area contributed by atoms with E-state index in [1.807, 2.05) is 0 Å². The molecule has 0 atom stereocenters. The summed E-state index contributed by atoms with van der Waals surface area (Å²) in [5.74, 6) is -0.210. The van der Waals surface area contributed by atoms with Crippen molar-refractivity contribution in [1.82, 2.24) is 10.2 Å². The van der Waals surface area contributed by atoms with E-state index >= 15 is 0 Å². The average molecular weight is 349 g/mol. The van der Waals surface area contributed by atoms with E-state index in [4.69, 9.17) is 16.0 Å². The number of thioether (sulfide) groups is 1. The highest BCUT2D eigenvalue weighted by Crippen LogP contribution is 2.24. The molecule has 0 amide bonds. The third-order valence-corrected chi connectivity index (χ3v) is 4.04. The van der Waals surface area contributed by atoms with Gasteiger partial charge in [-0.05, 0) is 36.4 Å². The SMILES string of the molecule is O=C(CSc1nnc(-c2ccc(Cl)cc2)o1)c1cccc(F)c1. The Bertz CT molecular complexity index is 836. The van der Waals surface area contributed by atoms with E-state index in [2.05, 4.69) is 10.2 Å². The first kappa shape index (κ1) is 15.7. The van der Waals surface area contributed by atoms with E-state index in [0.29, 0.717) is 16.5 Å². The Kier molecular flexibility index (Phi) is 4.73. The van der Waals surface area contributed by atoms with E-state index in [-0.39, 0.29) is 16.8 Å². The zero-order chi connectivity index (χ0) is 16.2. The summed E-state index contributed by atoms with van der Waals surface area (Å²) in [5.41, 5.74) is 1.06. The molecular formula is C16H10ClFN2O2S. The summed E-state index contributed by atoms with van der Waals surface area (Å²) >= 11 is 6.93. The number of ketones is 1. The normalized spacial score (nSPS) is 10.7. The van der Waals surface area contributed by atoms with E-state index in [9.17, 15) is 9.18 Å². The van der Waals surface area contributed by atoms with Crippen LogP contribution in [0.15, 0.2) is 58.2 Å². The quantitative estimate of drug-likeness (QED) is 0.501. The Balaban J connectivity index is 1.65. The molecule has 0 fully saturated rings. The summed E-state index contributed by atoms with van der Waals surface area (Å²) in [6.07, 6.45) is 0. The molecule has 0 aliphatic rings. The topological polar surface area (TPSA) is 56.0 Å². The molecule has 4 nitrogen and oxygen atoms in total. The van der Waals surface area contributed by atoms with Crippen molar-refractivity contribution in [2.24, 2.45) is 0 Å². The van der Waals surface area contributed by atoms with Crippen LogP contribution in [-0.4, -0.2) is 21.7 Å². The van der Waals surface area contributed by atoms with E-state index in [0.717, 1.165) is 17.3 Å². The van der Waals surface area contributed by atoms with Gasteiger partial charge >= 0.3 is 0 Å². The summed E-state index contributed by atoms with van der Waals surface area (Å²) in [6, 6.07) is 12.5. The van der Waals surface area contributed by atoms with Crippen molar-refractivity contribution in [3.63, 3.8) is 0 Å². The first-order valence-corrected chi connectivity index (χ1v) is 7.99. The van der Waals surface area contributed by atoms with E-state index in [1.54, 1.807) is 30.3 Å². The fraction of sp³-hybridized carbons (Fsp3) is 0.0625. The van der Waals surface area contributed by atoms with Gasteiger partial charge in [-0.25, -0.2) is 4.39 Å². The zero-order valence-electron chi connectivity index (χ0n) is 11.7. The summed E-state index contributed by atoms with van der Waals surface area (Å²) in [6.45, 7) is 0. The highest BCUT2D eigenvalue weighted by Gasteiger charge is 2.12. The maximum absolute atomic E-state index is 13.1. The maximum atomic E-state index is 13.1. The van der Waals surface area contributed by atoms with Crippen LogP contribution in [0.2, 0.25) is 5.02 Å². The van der Waals surface area contributed by atoms with Gasteiger partial charge in [0.1, 0.15) is 5.82 Å². The van der Waals surface area contributed by atoms with Crippen LogP contribution in [0.4, 0.5) is 4.39 Å². The van der Waals surface area contributed by atoms with Gasteiger partial charge in [-0.15, -0.1) is 10.2 Å². The van der Waals surface area contributed by atoms with Gasteiger partial charge in [-0.3, -0.25) is 4.79 Å². The van der Waals surface area contributed by atoms with Gasteiger partial charge in [0.2, 0.25) is 5.89 Å². The summed E-state index contributed by atoms with van der Waals surface area (Å²) < 4.78 is 18.6. The lowest BCUT2D eigenvalue weighted by molar-refractivity contribution is 0.102. The minimum Gasteiger partial charge on any atom is -0.411 e. The van der Waals surface area contributed by atoms with Crippen molar-refractivity contribution >= 4 is 29.1 Å². The van der Waals surface area contributed by atoms with Crippen molar-refractivity contribution in [3.8, 4) is 11.5 Å². The third-order valence-electron chi connectivity index (χ3n) is 2.97. The molecule has 0 unspecified atom stereocenters. The smallest absolute Gasteiger partial charge is 0.277 e. The molecule has 0 bridgehead atoms. The zero-order valence-corrected chi connectivity index (χ0v) is 13.3. The first-order chi connectivity index (χ1) is 11.1. The summed E-state index contributed by atoms with van der Waals surface area (Å²) in [4.78, 5) is 12.0. The maximum Gasteiger partial charge on any atom is 0.277 e. The molecule has 0 aliphatic heterocycles. The van der Waals surface area contributed by atoms with Crippen molar-refractivity contribution in [2.45, 2.75) is 5.22 Å². The molecular weight excluding hydrogens is 339 g/mol. The number of carbonyl (C=O) groups excluding carboxylic acids is 1. The monoisotopic (exact) mass is 348 g/mol.